The van der Waals surface area contributed by atoms with Gasteiger partial charge in [-0.15, -0.1) is 10.2 Å². The lowest BCUT2D eigenvalue weighted by Gasteiger charge is -2.16. The van der Waals surface area contributed by atoms with Gasteiger partial charge in [0.1, 0.15) is 5.82 Å². The minimum Gasteiger partial charge on any atom is -0.312 e. The van der Waals surface area contributed by atoms with E-state index >= 15 is 0 Å². The normalized spacial score (nSPS) is 16.3. The molecule has 1 unspecified atom stereocenters. The molecule has 1 aliphatic carbocycles. The Morgan fingerprint density at radius 3 is 2.58 bits per heavy atom. The Morgan fingerprint density at radius 2 is 1.87 bits per heavy atom. The predicted octanol–water partition coefficient (Wildman–Crippen LogP) is 4.42. The molecule has 158 valence electrons. The van der Waals surface area contributed by atoms with Crippen LogP contribution in [0.1, 0.15) is 54.4 Å². The average Bonchev–Trinajstić information content (AvgIpc) is 3.40. The Hall–Kier alpha value is -2.93. The number of para-hydroxylation sites is 1. The second-order valence-corrected chi connectivity index (χ2v) is 9.48. The van der Waals surface area contributed by atoms with Gasteiger partial charge in [0.2, 0.25) is 5.91 Å². The van der Waals surface area contributed by atoms with Crippen LogP contribution in [0, 0.1) is 0 Å². The minimum absolute atomic E-state index is 0.0356. The molecule has 0 N–H and O–H groups in total. The van der Waals surface area contributed by atoms with Gasteiger partial charge in [-0.05, 0) is 62.1 Å². The fourth-order valence-corrected chi connectivity index (χ4v) is 5.06. The van der Waals surface area contributed by atoms with Crippen molar-refractivity contribution in [2.75, 3.05) is 11.4 Å². The molecule has 31 heavy (non-hydrogen) atoms. The number of hydrogen-bond acceptors (Lipinski definition) is 5. The summed E-state index contributed by atoms with van der Waals surface area (Å²) in [5.74, 6) is 1.53. The first-order valence-electron chi connectivity index (χ1n) is 10.7. The highest BCUT2D eigenvalue weighted by Crippen LogP contribution is 2.41. The highest BCUT2D eigenvalue weighted by atomic mass is 32.2. The zero-order valence-electron chi connectivity index (χ0n) is 17.6. The first-order chi connectivity index (χ1) is 15.0. The van der Waals surface area contributed by atoms with Crippen LogP contribution >= 0.6 is 11.8 Å². The van der Waals surface area contributed by atoms with E-state index in [-0.39, 0.29) is 16.9 Å². The fourth-order valence-electron chi connectivity index (χ4n) is 4.11. The Balaban J connectivity index is 1.39. The third-order valence-electron chi connectivity index (χ3n) is 5.91. The fraction of sp³-hybridized carbons (Fsp3) is 0.333. The zero-order chi connectivity index (χ0) is 21.5. The third kappa shape index (κ3) is 3.78. The summed E-state index contributed by atoms with van der Waals surface area (Å²) in [6, 6.07) is 15.8. The number of anilines is 1. The number of benzene rings is 2. The number of carbonyl (C=O) groups excluding carboxylic acids is 2. The number of amides is 1. The van der Waals surface area contributed by atoms with Crippen LogP contribution in [0.5, 0.6) is 0 Å². The van der Waals surface area contributed by atoms with Crippen LogP contribution in [-0.4, -0.2) is 38.2 Å². The van der Waals surface area contributed by atoms with Crippen molar-refractivity contribution in [2.24, 2.45) is 0 Å². The summed E-state index contributed by atoms with van der Waals surface area (Å²) in [4.78, 5) is 26.8. The molecule has 0 saturated heterocycles. The van der Waals surface area contributed by atoms with E-state index in [9.17, 15) is 9.59 Å². The topological polar surface area (TPSA) is 68.1 Å². The molecule has 1 aromatic heterocycles. The molecular formula is C24H24N4O2S. The summed E-state index contributed by atoms with van der Waals surface area (Å²) in [6.07, 6.45) is 3.05. The second kappa shape index (κ2) is 7.96. The summed E-state index contributed by atoms with van der Waals surface area (Å²) in [5.41, 5.74) is 3.68. The number of thioether (sulfide) groups is 1. The molecule has 0 bridgehead atoms. The molecular weight excluding hydrogens is 408 g/mol. The summed E-state index contributed by atoms with van der Waals surface area (Å²) < 4.78 is 2.10. The van der Waals surface area contributed by atoms with Crippen molar-refractivity contribution in [1.29, 1.82) is 0 Å². The maximum absolute atomic E-state index is 13.2. The van der Waals surface area contributed by atoms with E-state index in [0.717, 1.165) is 47.2 Å². The molecule has 2 heterocycles. The summed E-state index contributed by atoms with van der Waals surface area (Å²) in [5, 5.41) is 9.34. The molecule has 2 aliphatic rings. The second-order valence-electron chi connectivity index (χ2n) is 8.17. The first-order valence-corrected chi connectivity index (χ1v) is 11.5. The molecule has 0 spiro atoms. The predicted molar refractivity (Wildman–Crippen MR) is 121 cm³/mol. The maximum Gasteiger partial charge on any atom is 0.223 e. The van der Waals surface area contributed by atoms with Crippen molar-refractivity contribution in [1.82, 2.24) is 14.8 Å². The molecule has 2 aromatic carbocycles. The van der Waals surface area contributed by atoms with Crippen molar-refractivity contribution in [2.45, 2.75) is 49.4 Å². The third-order valence-corrected chi connectivity index (χ3v) is 6.95. The van der Waals surface area contributed by atoms with Crippen LogP contribution in [0.4, 0.5) is 5.69 Å². The van der Waals surface area contributed by atoms with E-state index in [1.807, 2.05) is 55.5 Å². The van der Waals surface area contributed by atoms with Crippen LogP contribution in [0.2, 0.25) is 0 Å². The van der Waals surface area contributed by atoms with E-state index in [0.29, 0.717) is 18.0 Å². The number of aromatic nitrogens is 3. The molecule has 1 amide bonds. The number of ketones is 1. The first kappa shape index (κ1) is 20.0. The summed E-state index contributed by atoms with van der Waals surface area (Å²) in [7, 11) is 0. The molecule has 1 atom stereocenters. The molecule has 3 aromatic rings. The molecule has 1 fully saturated rings. The van der Waals surface area contributed by atoms with Crippen molar-refractivity contribution in [3.8, 4) is 5.69 Å². The van der Waals surface area contributed by atoms with Gasteiger partial charge in [0.25, 0.3) is 0 Å². The smallest absolute Gasteiger partial charge is 0.223 e. The number of Topliss-reactive ketones (excluding diaryl/α,β-unsaturated/α-hetero) is 1. The Labute approximate surface area is 185 Å². The van der Waals surface area contributed by atoms with Gasteiger partial charge >= 0.3 is 0 Å². The van der Waals surface area contributed by atoms with Gasteiger partial charge in [-0.1, -0.05) is 30.0 Å². The maximum atomic E-state index is 13.2. The molecule has 5 rings (SSSR count). The van der Waals surface area contributed by atoms with Gasteiger partial charge in [0, 0.05) is 36.3 Å². The van der Waals surface area contributed by atoms with Crippen molar-refractivity contribution in [3.05, 3.63) is 65.5 Å². The Bertz CT molecular complexity index is 1150. The van der Waals surface area contributed by atoms with Crippen LogP contribution in [0.15, 0.2) is 53.7 Å². The van der Waals surface area contributed by atoms with Crippen LogP contribution in [0.25, 0.3) is 5.69 Å². The SMILES string of the molecule is CC(=O)N1CCc2cc(C(=O)C(C)Sc3nnc(C4CC4)n3-c3ccccc3)ccc21. The number of rotatable bonds is 6. The average molecular weight is 433 g/mol. The van der Waals surface area contributed by atoms with E-state index in [1.54, 1.807) is 11.8 Å². The van der Waals surface area contributed by atoms with Gasteiger partial charge in [-0.3, -0.25) is 14.2 Å². The Kier molecular flexibility index (Phi) is 5.14. The number of nitrogens with zero attached hydrogens (tertiary/aromatic N) is 4. The quantitative estimate of drug-likeness (QED) is 0.426. The lowest BCUT2D eigenvalue weighted by Crippen LogP contribution is -2.25. The minimum atomic E-state index is -0.304. The van der Waals surface area contributed by atoms with Crippen LogP contribution in [0.3, 0.4) is 0 Å². The molecule has 1 aliphatic heterocycles. The molecule has 7 heteroatoms. The van der Waals surface area contributed by atoms with Gasteiger partial charge in [-0.2, -0.15) is 0 Å². The van der Waals surface area contributed by atoms with E-state index in [4.69, 9.17) is 0 Å². The molecule has 6 nitrogen and oxygen atoms in total. The van der Waals surface area contributed by atoms with Crippen LogP contribution < -0.4 is 4.90 Å². The van der Waals surface area contributed by atoms with Crippen molar-refractivity contribution in [3.63, 3.8) is 0 Å². The number of carbonyl (C=O) groups is 2. The lowest BCUT2D eigenvalue weighted by molar-refractivity contribution is -0.116. The lowest BCUT2D eigenvalue weighted by atomic mass is 10.0. The monoisotopic (exact) mass is 432 g/mol. The van der Waals surface area contributed by atoms with Gasteiger partial charge < -0.3 is 4.90 Å². The van der Waals surface area contributed by atoms with Gasteiger partial charge in [0.05, 0.1) is 5.25 Å². The highest BCUT2D eigenvalue weighted by molar-refractivity contribution is 8.00. The van der Waals surface area contributed by atoms with Crippen molar-refractivity contribution < 1.29 is 9.59 Å². The highest BCUT2D eigenvalue weighted by Gasteiger charge is 2.32. The zero-order valence-corrected chi connectivity index (χ0v) is 18.4. The molecule has 1 saturated carbocycles. The van der Waals surface area contributed by atoms with E-state index in [2.05, 4.69) is 14.8 Å². The summed E-state index contributed by atoms with van der Waals surface area (Å²) >= 11 is 1.45. The largest absolute Gasteiger partial charge is 0.312 e. The standard InChI is InChI=1S/C24H24N4O2S/c1-15(22(30)19-10-11-21-18(14-19)12-13-27(21)16(2)29)31-24-26-25-23(17-8-9-17)28(24)20-6-4-3-5-7-20/h3-7,10-11,14-15,17H,8-9,12-13H2,1-2H3. The summed E-state index contributed by atoms with van der Waals surface area (Å²) in [6.45, 7) is 4.17. The van der Waals surface area contributed by atoms with Gasteiger partial charge in [-0.25, -0.2) is 0 Å². The van der Waals surface area contributed by atoms with Gasteiger partial charge in [0.15, 0.2) is 10.9 Å². The van der Waals surface area contributed by atoms with Crippen molar-refractivity contribution >= 4 is 29.1 Å². The van der Waals surface area contributed by atoms with E-state index < -0.39 is 0 Å². The van der Waals surface area contributed by atoms with E-state index in [1.165, 1.54) is 11.8 Å². The Morgan fingerprint density at radius 1 is 1.10 bits per heavy atom. The molecule has 0 radical (unpaired) electrons. The number of fused-ring (bicyclic) bond motifs is 1. The number of hydrogen-bond donors (Lipinski definition) is 0. The van der Waals surface area contributed by atoms with Crippen LogP contribution in [-0.2, 0) is 11.2 Å².